The topological polar surface area (TPSA) is 72.7 Å². The summed E-state index contributed by atoms with van der Waals surface area (Å²) in [5.74, 6) is 0.850. The van der Waals surface area contributed by atoms with E-state index in [1.165, 1.54) is 11.8 Å². The molecule has 0 unspecified atom stereocenters. The Morgan fingerprint density at radius 2 is 2.04 bits per heavy atom. The van der Waals surface area contributed by atoms with E-state index >= 15 is 0 Å². The first-order valence-electron chi connectivity index (χ1n) is 6.72. The Kier molecular flexibility index (Phi) is 5.04. The van der Waals surface area contributed by atoms with E-state index in [1.807, 2.05) is 42.5 Å². The molecule has 6 nitrogen and oxygen atoms in total. The molecule has 1 N–H and O–H groups in total. The van der Waals surface area contributed by atoms with E-state index in [2.05, 4.69) is 36.4 Å². The second kappa shape index (κ2) is 7.38. The zero-order chi connectivity index (χ0) is 16.1. The molecule has 0 fully saturated rings. The lowest BCUT2D eigenvalue weighted by molar-refractivity contribution is -0.113. The van der Waals surface area contributed by atoms with Crippen LogP contribution in [0.25, 0.3) is 5.82 Å². The Morgan fingerprint density at radius 3 is 2.78 bits per heavy atom. The number of amides is 1. The summed E-state index contributed by atoms with van der Waals surface area (Å²) in [6, 6.07) is 13.0. The van der Waals surface area contributed by atoms with Gasteiger partial charge in [0.05, 0.1) is 5.75 Å². The highest BCUT2D eigenvalue weighted by Gasteiger charge is 2.10. The van der Waals surface area contributed by atoms with Crippen molar-refractivity contribution in [1.82, 2.24) is 19.7 Å². The smallest absolute Gasteiger partial charge is 0.234 e. The van der Waals surface area contributed by atoms with E-state index in [4.69, 9.17) is 0 Å². The highest BCUT2D eigenvalue weighted by Crippen LogP contribution is 2.19. The third-order valence-electron chi connectivity index (χ3n) is 2.87. The van der Waals surface area contributed by atoms with E-state index in [1.54, 1.807) is 17.1 Å². The van der Waals surface area contributed by atoms with Gasteiger partial charge in [0.2, 0.25) is 5.91 Å². The molecule has 0 atom stereocenters. The SMILES string of the molecule is O=C(CSc1nncn1-c1ccccn1)Nc1ccc(Br)cc1. The number of carbonyl (C=O) groups excluding carboxylic acids is 1. The van der Waals surface area contributed by atoms with Crippen LogP contribution in [-0.2, 0) is 4.79 Å². The van der Waals surface area contributed by atoms with Gasteiger partial charge in [-0.05, 0) is 36.4 Å². The van der Waals surface area contributed by atoms with Crippen molar-refractivity contribution in [2.75, 3.05) is 11.1 Å². The van der Waals surface area contributed by atoms with Gasteiger partial charge in [0.25, 0.3) is 0 Å². The number of hydrogen-bond acceptors (Lipinski definition) is 5. The standard InChI is InChI=1S/C15H12BrN5OS/c16-11-4-6-12(7-5-11)19-14(22)9-23-15-20-18-10-21(15)13-3-1-2-8-17-13/h1-8,10H,9H2,(H,19,22). The molecule has 116 valence electrons. The highest BCUT2D eigenvalue weighted by atomic mass is 79.9. The van der Waals surface area contributed by atoms with Crippen molar-refractivity contribution in [3.05, 3.63) is 59.5 Å². The number of nitrogens with one attached hydrogen (secondary N) is 1. The Morgan fingerprint density at radius 1 is 1.22 bits per heavy atom. The highest BCUT2D eigenvalue weighted by molar-refractivity contribution is 9.10. The minimum atomic E-state index is -0.104. The van der Waals surface area contributed by atoms with E-state index in [0.29, 0.717) is 11.0 Å². The molecule has 3 aromatic rings. The molecule has 0 saturated carbocycles. The third-order valence-corrected chi connectivity index (χ3v) is 4.34. The van der Waals surface area contributed by atoms with Gasteiger partial charge >= 0.3 is 0 Å². The normalized spacial score (nSPS) is 10.5. The van der Waals surface area contributed by atoms with Gasteiger partial charge in [0.1, 0.15) is 12.1 Å². The molecule has 23 heavy (non-hydrogen) atoms. The van der Waals surface area contributed by atoms with Crippen LogP contribution in [0, 0.1) is 0 Å². The fraction of sp³-hybridized carbons (Fsp3) is 0.0667. The summed E-state index contributed by atoms with van der Waals surface area (Å²) in [5, 5.41) is 11.4. The Hall–Kier alpha value is -2.19. The molecule has 2 aromatic heterocycles. The van der Waals surface area contributed by atoms with Crippen molar-refractivity contribution >= 4 is 39.3 Å². The number of pyridine rings is 1. The molecule has 0 bridgehead atoms. The zero-order valence-corrected chi connectivity index (χ0v) is 14.3. The van der Waals surface area contributed by atoms with E-state index in [0.717, 1.165) is 10.2 Å². The van der Waals surface area contributed by atoms with E-state index < -0.39 is 0 Å². The number of thioether (sulfide) groups is 1. The molecular weight excluding hydrogens is 378 g/mol. The summed E-state index contributed by atoms with van der Waals surface area (Å²) >= 11 is 4.67. The number of rotatable bonds is 5. The minimum absolute atomic E-state index is 0.104. The largest absolute Gasteiger partial charge is 0.325 e. The van der Waals surface area contributed by atoms with Crippen molar-refractivity contribution in [2.45, 2.75) is 5.16 Å². The van der Waals surface area contributed by atoms with Crippen LogP contribution in [0.5, 0.6) is 0 Å². The van der Waals surface area contributed by atoms with Gasteiger partial charge in [-0.15, -0.1) is 10.2 Å². The molecular formula is C15H12BrN5OS. The maximum absolute atomic E-state index is 12.0. The van der Waals surface area contributed by atoms with Crippen molar-refractivity contribution in [3.63, 3.8) is 0 Å². The molecule has 3 rings (SSSR count). The van der Waals surface area contributed by atoms with Crippen LogP contribution >= 0.6 is 27.7 Å². The lowest BCUT2D eigenvalue weighted by Gasteiger charge is -2.06. The summed E-state index contributed by atoms with van der Waals surface area (Å²) in [7, 11) is 0. The van der Waals surface area contributed by atoms with Gasteiger partial charge in [0, 0.05) is 16.4 Å². The summed E-state index contributed by atoms with van der Waals surface area (Å²) in [6.45, 7) is 0. The van der Waals surface area contributed by atoms with Gasteiger partial charge < -0.3 is 5.32 Å². The second-order valence-corrected chi connectivity index (χ2v) is 6.37. The number of aromatic nitrogens is 4. The third kappa shape index (κ3) is 4.17. The summed E-state index contributed by atoms with van der Waals surface area (Å²) in [6.07, 6.45) is 3.28. The van der Waals surface area contributed by atoms with Crippen molar-refractivity contribution in [3.8, 4) is 5.82 Å². The lowest BCUT2D eigenvalue weighted by atomic mass is 10.3. The van der Waals surface area contributed by atoms with E-state index in [-0.39, 0.29) is 11.7 Å². The Labute approximate surface area is 145 Å². The molecule has 0 aliphatic heterocycles. The summed E-state index contributed by atoms with van der Waals surface area (Å²) in [5.41, 5.74) is 0.755. The second-order valence-electron chi connectivity index (χ2n) is 4.52. The van der Waals surface area contributed by atoms with Crippen LogP contribution in [0.2, 0.25) is 0 Å². The molecule has 1 amide bonds. The predicted molar refractivity (Wildman–Crippen MR) is 92.6 cm³/mol. The molecule has 2 heterocycles. The first kappa shape index (κ1) is 15.7. The first-order valence-corrected chi connectivity index (χ1v) is 8.50. The van der Waals surface area contributed by atoms with E-state index in [9.17, 15) is 4.79 Å². The van der Waals surface area contributed by atoms with Crippen molar-refractivity contribution < 1.29 is 4.79 Å². The molecule has 0 spiro atoms. The first-order chi connectivity index (χ1) is 11.2. The van der Waals surface area contributed by atoms with Crippen LogP contribution in [0.3, 0.4) is 0 Å². The lowest BCUT2D eigenvalue weighted by Crippen LogP contribution is -2.14. The number of anilines is 1. The monoisotopic (exact) mass is 389 g/mol. The fourth-order valence-electron chi connectivity index (χ4n) is 1.84. The van der Waals surface area contributed by atoms with Gasteiger partial charge in [-0.3, -0.25) is 9.36 Å². The molecule has 0 aliphatic rings. The molecule has 8 heteroatoms. The Balaban J connectivity index is 1.62. The van der Waals surface area contributed by atoms with Crippen LogP contribution < -0.4 is 5.32 Å². The van der Waals surface area contributed by atoms with Crippen LogP contribution in [0.1, 0.15) is 0 Å². The molecule has 0 aliphatic carbocycles. The van der Waals surface area contributed by atoms with Gasteiger partial charge in [-0.2, -0.15) is 0 Å². The number of hydrogen-bond donors (Lipinski definition) is 1. The quantitative estimate of drug-likeness (QED) is 0.678. The van der Waals surface area contributed by atoms with Crippen LogP contribution in [-0.4, -0.2) is 31.4 Å². The Bertz CT molecular complexity index is 791. The maximum Gasteiger partial charge on any atom is 0.234 e. The molecule has 0 radical (unpaired) electrons. The van der Waals surface area contributed by atoms with Crippen molar-refractivity contribution in [2.24, 2.45) is 0 Å². The average Bonchev–Trinajstić information content (AvgIpc) is 3.04. The summed E-state index contributed by atoms with van der Waals surface area (Å²) < 4.78 is 2.71. The minimum Gasteiger partial charge on any atom is -0.325 e. The number of nitrogens with zero attached hydrogens (tertiary/aromatic N) is 4. The number of carbonyl (C=O) groups is 1. The predicted octanol–water partition coefficient (Wildman–Crippen LogP) is 3.16. The fourth-order valence-corrected chi connectivity index (χ4v) is 2.82. The zero-order valence-electron chi connectivity index (χ0n) is 11.9. The molecule has 0 saturated heterocycles. The number of benzene rings is 1. The van der Waals surface area contributed by atoms with Gasteiger partial charge in [-0.1, -0.05) is 33.8 Å². The number of halogens is 1. The average molecular weight is 390 g/mol. The van der Waals surface area contributed by atoms with Crippen molar-refractivity contribution in [1.29, 1.82) is 0 Å². The van der Waals surface area contributed by atoms with Gasteiger partial charge in [-0.25, -0.2) is 4.98 Å². The van der Waals surface area contributed by atoms with Gasteiger partial charge in [0.15, 0.2) is 5.16 Å². The molecule has 1 aromatic carbocycles. The maximum atomic E-state index is 12.0. The van der Waals surface area contributed by atoms with Crippen LogP contribution in [0.4, 0.5) is 5.69 Å². The van der Waals surface area contributed by atoms with Crippen LogP contribution in [0.15, 0.2) is 64.6 Å². The summed E-state index contributed by atoms with van der Waals surface area (Å²) in [4.78, 5) is 16.3.